The third-order valence-corrected chi connectivity index (χ3v) is 5.54. The molecule has 0 bridgehead atoms. The predicted molar refractivity (Wildman–Crippen MR) is 106 cm³/mol. The van der Waals surface area contributed by atoms with Crippen LogP contribution in [0.25, 0.3) is 0 Å². The molecule has 0 radical (unpaired) electrons. The third-order valence-electron chi connectivity index (χ3n) is 4.53. The Labute approximate surface area is 157 Å². The summed E-state index contributed by atoms with van der Waals surface area (Å²) in [5.74, 6) is 0.156. The summed E-state index contributed by atoms with van der Waals surface area (Å²) in [5.41, 5.74) is 7.27. The molecular weight excluding hydrogens is 346 g/mol. The first-order valence-corrected chi connectivity index (χ1v) is 9.72. The van der Waals surface area contributed by atoms with Crippen LogP contribution < -0.4 is 16.0 Å². The van der Waals surface area contributed by atoms with Gasteiger partial charge in [0.15, 0.2) is 0 Å². The Kier molecular flexibility index (Phi) is 6.17. The minimum Gasteiger partial charge on any atom is -0.371 e. The standard InChI is InChI=1S/C20H23N3O2S/c21-20(25)15-10-12-23(13-11-15)17-8-6-16(7-9-17)22-19(24)14-26-18-4-2-1-3-5-18/h1-9,15H,10-14H2,(H2,21,25)(H,22,24). The molecule has 0 spiro atoms. The molecule has 6 heteroatoms. The molecule has 0 saturated carbocycles. The van der Waals surface area contributed by atoms with Gasteiger partial charge in [0.05, 0.1) is 5.75 Å². The van der Waals surface area contributed by atoms with E-state index in [0.717, 1.165) is 42.2 Å². The number of anilines is 2. The molecule has 1 fully saturated rings. The molecule has 1 aliphatic heterocycles. The summed E-state index contributed by atoms with van der Waals surface area (Å²) in [7, 11) is 0. The highest BCUT2D eigenvalue weighted by Gasteiger charge is 2.23. The summed E-state index contributed by atoms with van der Waals surface area (Å²) in [6, 6.07) is 17.7. The molecule has 0 unspecified atom stereocenters. The quantitative estimate of drug-likeness (QED) is 0.767. The molecule has 0 atom stereocenters. The molecular formula is C20H23N3O2S. The van der Waals surface area contributed by atoms with Crippen LogP contribution >= 0.6 is 11.8 Å². The maximum absolute atomic E-state index is 12.1. The maximum atomic E-state index is 12.1. The Morgan fingerprint density at radius 3 is 2.31 bits per heavy atom. The second kappa shape index (κ2) is 8.76. The van der Waals surface area contributed by atoms with Gasteiger partial charge in [0.2, 0.25) is 11.8 Å². The van der Waals surface area contributed by atoms with E-state index < -0.39 is 0 Å². The Balaban J connectivity index is 1.48. The SMILES string of the molecule is NC(=O)C1CCN(c2ccc(NC(=O)CSc3ccccc3)cc2)CC1. The van der Waals surface area contributed by atoms with Gasteiger partial charge in [-0.05, 0) is 49.2 Å². The van der Waals surface area contributed by atoms with Gasteiger partial charge in [0.1, 0.15) is 0 Å². The number of nitrogens with zero attached hydrogens (tertiary/aromatic N) is 1. The summed E-state index contributed by atoms with van der Waals surface area (Å²) < 4.78 is 0. The van der Waals surface area contributed by atoms with E-state index in [1.807, 2.05) is 54.6 Å². The first kappa shape index (κ1) is 18.3. The van der Waals surface area contributed by atoms with E-state index in [0.29, 0.717) is 5.75 Å². The molecule has 5 nitrogen and oxygen atoms in total. The molecule has 0 aromatic heterocycles. The Hall–Kier alpha value is -2.47. The Bertz CT molecular complexity index is 741. The lowest BCUT2D eigenvalue weighted by Gasteiger charge is -2.32. The second-order valence-corrected chi connectivity index (χ2v) is 7.41. The molecule has 2 amide bonds. The number of benzene rings is 2. The van der Waals surface area contributed by atoms with Crippen LogP contribution in [0.15, 0.2) is 59.5 Å². The third kappa shape index (κ3) is 5.02. The molecule has 1 heterocycles. The van der Waals surface area contributed by atoms with E-state index in [2.05, 4.69) is 10.2 Å². The van der Waals surface area contributed by atoms with Crippen LogP contribution in [-0.4, -0.2) is 30.7 Å². The average Bonchev–Trinajstić information content (AvgIpc) is 2.68. The highest BCUT2D eigenvalue weighted by molar-refractivity contribution is 8.00. The van der Waals surface area contributed by atoms with Gasteiger partial charge in [-0.2, -0.15) is 0 Å². The topological polar surface area (TPSA) is 75.4 Å². The second-order valence-electron chi connectivity index (χ2n) is 6.36. The van der Waals surface area contributed by atoms with Crippen molar-refractivity contribution in [1.29, 1.82) is 0 Å². The van der Waals surface area contributed by atoms with Gasteiger partial charge in [0.25, 0.3) is 0 Å². The monoisotopic (exact) mass is 369 g/mol. The van der Waals surface area contributed by atoms with E-state index in [1.165, 1.54) is 11.8 Å². The maximum Gasteiger partial charge on any atom is 0.234 e. The number of rotatable bonds is 6. The van der Waals surface area contributed by atoms with Gasteiger partial charge >= 0.3 is 0 Å². The number of hydrogen-bond donors (Lipinski definition) is 2. The lowest BCUT2D eigenvalue weighted by Crippen LogP contribution is -2.38. The number of carbonyl (C=O) groups excluding carboxylic acids is 2. The lowest BCUT2D eigenvalue weighted by molar-refractivity contribution is -0.122. The number of thioether (sulfide) groups is 1. The zero-order valence-corrected chi connectivity index (χ0v) is 15.4. The van der Waals surface area contributed by atoms with Crippen LogP contribution in [-0.2, 0) is 9.59 Å². The molecule has 1 aliphatic rings. The van der Waals surface area contributed by atoms with Crippen molar-refractivity contribution >= 4 is 35.0 Å². The number of nitrogens with two attached hydrogens (primary N) is 1. The fraction of sp³-hybridized carbons (Fsp3) is 0.300. The van der Waals surface area contributed by atoms with Crippen molar-refractivity contribution in [1.82, 2.24) is 0 Å². The van der Waals surface area contributed by atoms with Gasteiger partial charge in [-0.15, -0.1) is 11.8 Å². The lowest BCUT2D eigenvalue weighted by atomic mass is 9.96. The number of carbonyl (C=O) groups is 2. The molecule has 1 saturated heterocycles. The molecule has 136 valence electrons. The van der Waals surface area contributed by atoms with Gasteiger partial charge in [0, 0.05) is 35.3 Å². The Morgan fingerprint density at radius 1 is 1.04 bits per heavy atom. The van der Waals surface area contributed by atoms with Crippen molar-refractivity contribution in [2.24, 2.45) is 11.7 Å². The number of nitrogens with one attached hydrogen (secondary N) is 1. The smallest absolute Gasteiger partial charge is 0.234 e. The summed E-state index contributed by atoms with van der Waals surface area (Å²) in [6.07, 6.45) is 1.59. The first-order valence-electron chi connectivity index (χ1n) is 8.74. The van der Waals surface area contributed by atoms with Crippen molar-refractivity contribution in [3.8, 4) is 0 Å². The number of amides is 2. The van der Waals surface area contributed by atoms with Crippen molar-refractivity contribution in [3.05, 3.63) is 54.6 Å². The van der Waals surface area contributed by atoms with Crippen LogP contribution in [0.1, 0.15) is 12.8 Å². The number of hydrogen-bond acceptors (Lipinski definition) is 4. The summed E-state index contributed by atoms with van der Waals surface area (Å²) in [5, 5.41) is 2.92. The van der Waals surface area contributed by atoms with Gasteiger partial charge in [-0.3, -0.25) is 9.59 Å². The van der Waals surface area contributed by atoms with Crippen LogP contribution in [0.5, 0.6) is 0 Å². The molecule has 2 aromatic rings. The first-order chi connectivity index (χ1) is 12.6. The van der Waals surface area contributed by atoms with Crippen molar-refractivity contribution in [3.63, 3.8) is 0 Å². The highest BCUT2D eigenvalue weighted by atomic mass is 32.2. The largest absolute Gasteiger partial charge is 0.371 e. The zero-order chi connectivity index (χ0) is 18.4. The minimum absolute atomic E-state index is 0.00748. The van der Waals surface area contributed by atoms with Crippen LogP contribution in [0.4, 0.5) is 11.4 Å². The van der Waals surface area contributed by atoms with E-state index in [4.69, 9.17) is 5.73 Å². The summed E-state index contributed by atoms with van der Waals surface area (Å²) in [6.45, 7) is 1.65. The highest BCUT2D eigenvalue weighted by Crippen LogP contribution is 2.24. The fourth-order valence-electron chi connectivity index (χ4n) is 3.04. The average molecular weight is 369 g/mol. The van der Waals surface area contributed by atoms with Gasteiger partial charge < -0.3 is 16.0 Å². The summed E-state index contributed by atoms with van der Waals surface area (Å²) >= 11 is 1.52. The summed E-state index contributed by atoms with van der Waals surface area (Å²) in [4.78, 5) is 26.7. The number of piperidine rings is 1. The Morgan fingerprint density at radius 2 is 1.69 bits per heavy atom. The van der Waals surface area contributed by atoms with Crippen LogP contribution in [0.3, 0.4) is 0 Å². The normalized spacial score (nSPS) is 14.8. The van der Waals surface area contributed by atoms with E-state index >= 15 is 0 Å². The van der Waals surface area contributed by atoms with Gasteiger partial charge in [-0.25, -0.2) is 0 Å². The predicted octanol–water partition coefficient (Wildman–Crippen LogP) is 3.12. The van der Waals surface area contributed by atoms with Crippen molar-refractivity contribution < 1.29 is 9.59 Å². The van der Waals surface area contributed by atoms with E-state index in [-0.39, 0.29) is 17.7 Å². The molecule has 3 rings (SSSR count). The fourth-order valence-corrected chi connectivity index (χ4v) is 3.76. The van der Waals surface area contributed by atoms with E-state index in [9.17, 15) is 9.59 Å². The van der Waals surface area contributed by atoms with Crippen molar-refractivity contribution in [2.45, 2.75) is 17.7 Å². The zero-order valence-electron chi connectivity index (χ0n) is 14.6. The van der Waals surface area contributed by atoms with Crippen LogP contribution in [0.2, 0.25) is 0 Å². The van der Waals surface area contributed by atoms with Crippen molar-refractivity contribution in [2.75, 3.05) is 29.1 Å². The molecule has 0 aliphatic carbocycles. The molecule has 26 heavy (non-hydrogen) atoms. The van der Waals surface area contributed by atoms with E-state index in [1.54, 1.807) is 0 Å². The van der Waals surface area contributed by atoms with Gasteiger partial charge in [-0.1, -0.05) is 18.2 Å². The molecule has 2 aromatic carbocycles. The molecule has 3 N–H and O–H groups in total. The minimum atomic E-state index is -0.198. The van der Waals surface area contributed by atoms with Crippen LogP contribution in [0, 0.1) is 5.92 Å². The number of primary amides is 1.